The van der Waals surface area contributed by atoms with Crippen molar-refractivity contribution in [3.05, 3.63) is 24.0 Å². The fourth-order valence-corrected chi connectivity index (χ4v) is 4.48. The summed E-state index contributed by atoms with van der Waals surface area (Å²) in [6.07, 6.45) is 3.74. The first-order valence-electron chi connectivity index (χ1n) is 10.5. The Kier molecular flexibility index (Phi) is 5.79. The van der Waals surface area contributed by atoms with Crippen LogP contribution in [-0.4, -0.2) is 61.7 Å². The molecule has 4 atom stereocenters. The van der Waals surface area contributed by atoms with E-state index in [0.717, 1.165) is 19.3 Å². The van der Waals surface area contributed by atoms with Crippen molar-refractivity contribution in [1.82, 2.24) is 24.9 Å². The summed E-state index contributed by atoms with van der Waals surface area (Å²) in [4.78, 5) is 29.3. The van der Waals surface area contributed by atoms with Gasteiger partial charge in [-0.25, -0.2) is 9.48 Å². The van der Waals surface area contributed by atoms with E-state index in [4.69, 9.17) is 9.47 Å². The number of carboxylic acids is 1. The van der Waals surface area contributed by atoms with Crippen LogP contribution in [0.4, 0.5) is 4.79 Å². The van der Waals surface area contributed by atoms with E-state index in [9.17, 15) is 14.7 Å². The van der Waals surface area contributed by atoms with Crippen molar-refractivity contribution in [2.75, 3.05) is 13.6 Å². The molecule has 2 aromatic rings. The smallest absolute Gasteiger partial charge is 0.409 e. The predicted octanol–water partition coefficient (Wildman–Crippen LogP) is 2.34. The van der Waals surface area contributed by atoms with Gasteiger partial charge in [-0.05, 0) is 37.3 Å². The maximum absolute atomic E-state index is 12.1. The highest BCUT2D eigenvalue weighted by molar-refractivity contribution is 5.75. The molecule has 2 aromatic heterocycles. The van der Waals surface area contributed by atoms with Crippen LogP contribution in [0.25, 0.3) is 11.4 Å². The maximum atomic E-state index is 12.1. The summed E-state index contributed by atoms with van der Waals surface area (Å²) in [6.45, 7) is 2.65. The van der Waals surface area contributed by atoms with Crippen LogP contribution in [0.1, 0.15) is 31.9 Å². The van der Waals surface area contributed by atoms with E-state index in [0.29, 0.717) is 29.4 Å². The topological polar surface area (TPSA) is 120 Å². The number of carbonyl (C=O) groups is 2. The van der Waals surface area contributed by atoms with Gasteiger partial charge in [0.1, 0.15) is 29.8 Å². The van der Waals surface area contributed by atoms with Crippen LogP contribution < -0.4 is 4.74 Å². The first-order chi connectivity index (χ1) is 14.9. The summed E-state index contributed by atoms with van der Waals surface area (Å²) in [6, 6.07) is 3.58. The monoisotopic (exact) mass is 429 g/mol. The van der Waals surface area contributed by atoms with Crippen molar-refractivity contribution >= 4 is 12.1 Å². The number of fused-ring (bicyclic) bond motifs is 1. The number of carbonyl (C=O) groups excluding carboxylic acids is 1. The number of pyridine rings is 1. The van der Waals surface area contributed by atoms with E-state index in [-0.39, 0.29) is 30.5 Å². The Morgan fingerprint density at radius 1 is 1.32 bits per heavy atom. The molecule has 10 heteroatoms. The Hall–Kier alpha value is -3.17. The van der Waals surface area contributed by atoms with E-state index < -0.39 is 12.1 Å². The summed E-state index contributed by atoms with van der Waals surface area (Å²) >= 11 is 0. The zero-order valence-electron chi connectivity index (χ0n) is 17.9. The van der Waals surface area contributed by atoms with Gasteiger partial charge in [0.05, 0.1) is 17.8 Å². The van der Waals surface area contributed by atoms with Gasteiger partial charge in [0, 0.05) is 26.6 Å². The lowest BCUT2D eigenvalue weighted by atomic mass is 10.1. The lowest BCUT2D eigenvalue weighted by Gasteiger charge is -2.16. The van der Waals surface area contributed by atoms with Gasteiger partial charge in [-0.2, -0.15) is 0 Å². The molecule has 1 unspecified atom stereocenters. The van der Waals surface area contributed by atoms with Crippen molar-refractivity contribution < 1.29 is 24.2 Å². The van der Waals surface area contributed by atoms with E-state index in [2.05, 4.69) is 15.3 Å². The summed E-state index contributed by atoms with van der Waals surface area (Å²) in [5, 5.41) is 17.5. The lowest BCUT2D eigenvalue weighted by molar-refractivity contribution is -0.139. The van der Waals surface area contributed by atoms with Crippen molar-refractivity contribution in [3.8, 4) is 17.1 Å². The zero-order valence-corrected chi connectivity index (χ0v) is 17.9. The average molecular weight is 429 g/mol. The number of aromatic nitrogens is 4. The van der Waals surface area contributed by atoms with E-state index in [1.54, 1.807) is 37.1 Å². The molecule has 1 N–H and O–H groups in total. The Labute approximate surface area is 180 Å². The third kappa shape index (κ3) is 4.19. The fourth-order valence-electron chi connectivity index (χ4n) is 4.48. The molecule has 2 fully saturated rings. The largest absolute Gasteiger partial charge is 0.488 e. The molecule has 4 rings (SSSR count). The molecule has 0 bridgehead atoms. The van der Waals surface area contributed by atoms with Gasteiger partial charge in [0.2, 0.25) is 0 Å². The van der Waals surface area contributed by atoms with Crippen LogP contribution >= 0.6 is 0 Å². The van der Waals surface area contributed by atoms with Crippen LogP contribution in [0.2, 0.25) is 0 Å². The molecular weight excluding hydrogens is 402 g/mol. The molecule has 31 heavy (non-hydrogen) atoms. The molecule has 0 saturated heterocycles. The molecule has 2 saturated carbocycles. The number of aliphatic carboxylic acids is 1. The highest BCUT2D eigenvalue weighted by Crippen LogP contribution is 2.58. The van der Waals surface area contributed by atoms with Crippen LogP contribution in [0.5, 0.6) is 5.75 Å². The minimum atomic E-state index is -0.728. The number of rotatable bonds is 8. The van der Waals surface area contributed by atoms with E-state index >= 15 is 0 Å². The summed E-state index contributed by atoms with van der Waals surface area (Å²) in [7, 11) is 3.43. The summed E-state index contributed by atoms with van der Waals surface area (Å²) in [5.74, 6) is -0.0514. The molecule has 10 nitrogen and oxygen atoms in total. The summed E-state index contributed by atoms with van der Waals surface area (Å²) < 4.78 is 13.0. The number of nitrogens with zero attached hydrogens (tertiary/aromatic N) is 5. The minimum absolute atomic E-state index is 0.0351. The van der Waals surface area contributed by atoms with Crippen molar-refractivity contribution in [1.29, 1.82) is 0 Å². The molecule has 2 heterocycles. The molecule has 0 aliphatic heterocycles. The quantitative estimate of drug-likeness (QED) is 0.679. The standard InChI is InChI=1S/C21H27N5O5/c1-4-9-25(2)21(29)30-11-15-19(23-24-26(15)3)14-7-5-12(10-22-14)31-16-8-6-13-17(16)18(13)20(27)28/h5,7,10,13,16-18H,4,6,8-9,11H2,1-3H3,(H,27,28)/t13-,16-,17-,18?/m1/s1. The minimum Gasteiger partial charge on any atom is -0.488 e. The normalized spacial score (nSPS) is 23.8. The van der Waals surface area contributed by atoms with Crippen LogP contribution in [0.3, 0.4) is 0 Å². The highest BCUT2D eigenvalue weighted by Gasteiger charge is 2.62. The third-order valence-corrected chi connectivity index (χ3v) is 6.14. The third-order valence-electron chi connectivity index (χ3n) is 6.14. The van der Waals surface area contributed by atoms with Crippen molar-refractivity contribution in [2.24, 2.45) is 24.8 Å². The molecule has 0 spiro atoms. The van der Waals surface area contributed by atoms with Crippen LogP contribution in [0.15, 0.2) is 18.3 Å². The average Bonchev–Trinajstić information content (AvgIpc) is 3.17. The summed E-state index contributed by atoms with van der Waals surface area (Å²) in [5.41, 5.74) is 1.77. The van der Waals surface area contributed by atoms with Crippen LogP contribution in [-0.2, 0) is 23.2 Å². The Morgan fingerprint density at radius 3 is 2.77 bits per heavy atom. The van der Waals surface area contributed by atoms with Gasteiger partial charge in [0.25, 0.3) is 0 Å². The number of aryl methyl sites for hydroxylation is 1. The van der Waals surface area contributed by atoms with Gasteiger partial charge in [0.15, 0.2) is 0 Å². The Bertz CT molecular complexity index is 960. The van der Waals surface area contributed by atoms with Gasteiger partial charge in [-0.15, -0.1) is 5.10 Å². The number of hydrogen-bond acceptors (Lipinski definition) is 7. The molecule has 0 aromatic carbocycles. The van der Waals surface area contributed by atoms with Gasteiger partial charge in [-0.1, -0.05) is 12.1 Å². The van der Waals surface area contributed by atoms with Gasteiger partial charge < -0.3 is 19.5 Å². The highest BCUT2D eigenvalue weighted by atomic mass is 16.6. The van der Waals surface area contributed by atoms with E-state index in [1.165, 1.54) is 4.90 Å². The van der Waals surface area contributed by atoms with E-state index in [1.807, 2.05) is 6.92 Å². The predicted molar refractivity (Wildman–Crippen MR) is 109 cm³/mol. The molecular formula is C21H27N5O5. The molecule has 2 aliphatic carbocycles. The van der Waals surface area contributed by atoms with Gasteiger partial charge >= 0.3 is 12.1 Å². The Morgan fingerprint density at radius 2 is 2.13 bits per heavy atom. The second kappa shape index (κ2) is 8.52. The number of hydrogen-bond donors (Lipinski definition) is 1. The van der Waals surface area contributed by atoms with Gasteiger partial charge in [-0.3, -0.25) is 9.78 Å². The number of carboxylic acid groups (broad SMARTS) is 1. The molecule has 2 aliphatic rings. The molecule has 1 amide bonds. The Balaban J connectivity index is 1.40. The second-order valence-electron chi connectivity index (χ2n) is 8.20. The second-order valence-corrected chi connectivity index (χ2v) is 8.20. The first-order valence-corrected chi connectivity index (χ1v) is 10.5. The molecule has 166 valence electrons. The van der Waals surface area contributed by atoms with Crippen molar-refractivity contribution in [2.45, 2.75) is 38.9 Å². The molecule has 0 radical (unpaired) electrons. The number of ether oxygens (including phenoxy) is 2. The van der Waals surface area contributed by atoms with Crippen LogP contribution in [0, 0.1) is 17.8 Å². The van der Waals surface area contributed by atoms with Crippen molar-refractivity contribution in [3.63, 3.8) is 0 Å². The fraction of sp³-hybridized carbons (Fsp3) is 0.571. The first kappa shape index (κ1) is 21.1. The SMILES string of the molecule is CCCN(C)C(=O)OCc1c(-c2ccc(O[C@@H]3CC[C@H]4C(C(=O)O)[C@@H]34)cn2)nnn1C. The number of amides is 1. The lowest BCUT2D eigenvalue weighted by Crippen LogP contribution is -2.28. The zero-order chi connectivity index (χ0) is 22.1. The maximum Gasteiger partial charge on any atom is 0.409 e.